The van der Waals surface area contributed by atoms with Gasteiger partial charge in [-0.25, -0.2) is 9.87 Å². The number of rotatable bonds is 6. The fourth-order valence-corrected chi connectivity index (χ4v) is 2.94. The minimum absolute atomic E-state index is 0.142. The molecule has 1 heterocycles. The van der Waals surface area contributed by atoms with Gasteiger partial charge in [-0.2, -0.15) is 0 Å². The van der Waals surface area contributed by atoms with Crippen LogP contribution in [0.1, 0.15) is 29.5 Å². The Labute approximate surface area is 156 Å². The number of carbonyl (C=O) groups is 1. The molecule has 0 bridgehead atoms. The van der Waals surface area contributed by atoms with Gasteiger partial charge >= 0.3 is 0 Å². The van der Waals surface area contributed by atoms with Crippen molar-refractivity contribution < 1.29 is 14.4 Å². The fraction of sp³-hybridized carbons (Fsp3) is 0.190. The third kappa shape index (κ3) is 4.54. The molecule has 0 atom stereocenters. The predicted octanol–water partition coefficient (Wildman–Crippen LogP) is 3.99. The molecule has 1 amide bonds. The largest absolute Gasteiger partial charge is 0.289 e. The fourth-order valence-electron chi connectivity index (χ4n) is 2.94. The van der Waals surface area contributed by atoms with Crippen molar-refractivity contribution in [3.8, 4) is 0 Å². The van der Waals surface area contributed by atoms with Crippen molar-refractivity contribution in [1.29, 1.82) is 0 Å². The van der Waals surface area contributed by atoms with Gasteiger partial charge in [-0.1, -0.05) is 24.3 Å². The molecule has 0 spiro atoms. The summed E-state index contributed by atoms with van der Waals surface area (Å²) in [5.74, 6) is -0.688. The first kappa shape index (κ1) is 18.7. The normalized spacial score (nSPS) is 11.6. The molecule has 3 aromatic rings. The van der Waals surface area contributed by atoms with Crippen molar-refractivity contribution in [1.82, 2.24) is 15.4 Å². The van der Waals surface area contributed by atoms with E-state index in [-0.39, 0.29) is 12.2 Å². The van der Waals surface area contributed by atoms with E-state index in [0.29, 0.717) is 18.4 Å². The third-order valence-corrected chi connectivity index (χ3v) is 4.53. The second kappa shape index (κ2) is 8.51. The van der Waals surface area contributed by atoms with Gasteiger partial charge in [0.25, 0.3) is 0 Å². The molecule has 0 aliphatic carbocycles. The summed E-state index contributed by atoms with van der Waals surface area (Å²) >= 11 is 0. The Morgan fingerprint density at radius 2 is 1.93 bits per heavy atom. The Kier molecular flexibility index (Phi) is 5.88. The second-order valence-electron chi connectivity index (χ2n) is 6.25. The highest BCUT2D eigenvalue weighted by Gasteiger charge is 2.09. The summed E-state index contributed by atoms with van der Waals surface area (Å²) < 4.78 is 13.8. The average Bonchev–Trinajstić information content (AvgIpc) is 2.70. The van der Waals surface area contributed by atoms with Gasteiger partial charge in [0.15, 0.2) is 0 Å². The molecule has 1 aromatic heterocycles. The number of hydroxylamine groups is 1. The van der Waals surface area contributed by atoms with Crippen LogP contribution in [0.4, 0.5) is 4.39 Å². The Hall–Kier alpha value is -3.12. The molecule has 6 heteroatoms. The van der Waals surface area contributed by atoms with Crippen molar-refractivity contribution in [3.63, 3.8) is 0 Å². The lowest BCUT2D eigenvalue weighted by molar-refractivity contribution is -0.129. The molecular formula is C21H20FN3O2. The van der Waals surface area contributed by atoms with Crippen molar-refractivity contribution in [2.75, 3.05) is 0 Å². The van der Waals surface area contributed by atoms with E-state index in [4.69, 9.17) is 5.21 Å². The summed E-state index contributed by atoms with van der Waals surface area (Å²) in [6.45, 7) is 1.75. The zero-order valence-corrected chi connectivity index (χ0v) is 14.9. The van der Waals surface area contributed by atoms with Gasteiger partial charge in [-0.05, 0) is 60.2 Å². The van der Waals surface area contributed by atoms with Crippen LogP contribution >= 0.6 is 0 Å². The van der Waals surface area contributed by atoms with Gasteiger partial charge in [0.1, 0.15) is 5.82 Å². The van der Waals surface area contributed by atoms with Crippen LogP contribution in [-0.2, 0) is 11.2 Å². The van der Waals surface area contributed by atoms with Crippen molar-refractivity contribution in [3.05, 3.63) is 77.4 Å². The lowest BCUT2D eigenvalue weighted by Crippen LogP contribution is -2.17. The lowest BCUT2D eigenvalue weighted by atomic mass is 9.96. The molecule has 0 unspecified atom stereocenters. The number of hydrogen-bond donors (Lipinski definition) is 2. The zero-order chi connectivity index (χ0) is 19.2. The van der Waals surface area contributed by atoms with Crippen molar-refractivity contribution in [2.45, 2.75) is 26.2 Å². The van der Waals surface area contributed by atoms with Gasteiger partial charge in [0, 0.05) is 18.8 Å². The molecule has 5 nitrogen and oxygen atoms in total. The zero-order valence-electron chi connectivity index (χ0n) is 14.9. The number of halogens is 1. The molecule has 138 valence electrons. The second-order valence-corrected chi connectivity index (χ2v) is 6.25. The van der Waals surface area contributed by atoms with Crippen LogP contribution in [0.25, 0.3) is 16.6 Å². The van der Waals surface area contributed by atoms with Crippen LogP contribution in [0.3, 0.4) is 0 Å². The predicted molar refractivity (Wildman–Crippen MR) is 102 cm³/mol. The number of carbonyl (C=O) groups excluding carboxylic acids is 1. The minimum Gasteiger partial charge on any atom is -0.289 e. The molecule has 0 fully saturated rings. The Morgan fingerprint density at radius 1 is 1.15 bits per heavy atom. The van der Waals surface area contributed by atoms with Crippen molar-refractivity contribution in [2.24, 2.45) is 0 Å². The van der Waals surface area contributed by atoms with Gasteiger partial charge in [-0.15, -0.1) is 0 Å². The van der Waals surface area contributed by atoms with E-state index >= 15 is 0 Å². The molecule has 0 aliphatic rings. The number of nitrogens with zero attached hydrogens (tertiary/aromatic N) is 2. The number of aromatic nitrogens is 2. The van der Waals surface area contributed by atoms with Crippen LogP contribution in [0.2, 0.25) is 0 Å². The Balaban J connectivity index is 1.93. The topological polar surface area (TPSA) is 75.1 Å². The van der Waals surface area contributed by atoms with Crippen LogP contribution in [0, 0.1) is 12.7 Å². The maximum atomic E-state index is 13.8. The first-order valence-electron chi connectivity index (χ1n) is 8.65. The van der Waals surface area contributed by atoms with Crippen LogP contribution < -0.4 is 5.48 Å². The number of hydrogen-bond acceptors (Lipinski definition) is 4. The van der Waals surface area contributed by atoms with Crippen molar-refractivity contribution >= 4 is 22.5 Å². The highest BCUT2D eigenvalue weighted by atomic mass is 19.1. The molecule has 2 N–H and O–H groups in total. The van der Waals surface area contributed by atoms with Gasteiger partial charge in [-0.3, -0.25) is 20.0 Å². The summed E-state index contributed by atoms with van der Waals surface area (Å²) in [6.07, 6.45) is 6.37. The van der Waals surface area contributed by atoms with Crippen LogP contribution in [-0.4, -0.2) is 21.1 Å². The van der Waals surface area contributed by atoms with E-state index < -0.39 is 5.91 Å². The van der Waals surface area contributed by atoms with Gasteiger partial charge in [0.2, 0.25) is 5.91 Å². The number of fused-ring (bicyclic) bond motifs is 1. The average molecular weight is 365 g/mol. The standard InChI is InChI=1S/C21H20FN3O2/c1-14-15(3-2-4-18(14)22)5-6-16(8-10-21(26)25-27)17-7-9-19-20(13-17)24-12-11-23-19/h2-4,6-7,9,11-13,27H,5,8,10H2,1H3,(H,25,26)/b16-6+. The summed E-state index contributed by atoms with van der Waals surface area (Å²) in [5, 5.41) is 8.76. The van der Waals surface area contributed by atoms with Gasteiger partial charge < -0.3 is 0 Å². The van der Waals surface area contributed by atoms with Crippen LogP contribution in [0.5, 0.6) is 0 Å². The van der Waals surface area contributed by atoms with E-state index in [2.05, 4.69) is 9.97 Å². The highest BCUT2D eigenvalue weighted by Crippen LogP contribution is 2.24. The van der Waals surface area contributed by atoms with Crippen LogP contribution in [0.15, 0.2) is 54.9 Å². The molecule has 0 saturated heterocycles. The number of benzene rings is 2. The molecule has 3 rings (SSSR count). The maximum absolute atomic E-state index is 13.8. The SMILES string of the molecule is Cc1c(F)cccc1C/C=C(\CCC(=O)NO)c1ccc2nccnc2c1. The highest BCUT2D eigenvalue weighted by molar-refractivity contribution is 5.82. The maximum Gasteiger partial charge on any atom is 0.243 e. The molecular weight excluding hydrogens is 345 g/mol. The Morgan fingerprint density at radius 3 is 2.70 bits per heavy atom. The van der Waals surface area contributed by atoms with E-state index in [9.17, 15) is 9.18 Å². The first-order chi connectivity index (χ1) is 13.1. The van der Waals surface area contributed by atoms with E-state index in [1.54, 1.807) is 30.9 Å². The van der Waals surface area contributed by atoms with E-state index in [1.807, 2.05) is 30.3 Å². The quantitative estimate of drug-likeness (QED) is 0.512. The monoisotopic (exact) mass is 365 g/mol. The first-order valence-corrected chi connectivity index (χ1v) is 8.65. The molecule has 27 heavy (non-hydrogen) atoms. The molecule has 0 aliphatic heterocycles. The molecule has 2 aromatic carbocycles. The summed E-state index contributed by atoms with van der Waals surface area (Å²) in [7, 11) is 0. The van der Waals surface area contributed by atoms with Gasteiger partial charge in [0.05, 0.1) is 11.0 Å². The number of amides is 1. The number of allylic oxidation sites excluding steroid dienone is 2. The Bertz CT molecular complexity index is 1000. The van der Waals surface area contributed by atoms with E-state index in [0.717, 1.165) is 27.7 Å². The summed E-state index contributed by atoms with van der Waals surface area (Å²) in [5.41, 5.74) is 6.55. The lowest BCUT2D eigenvalue weighted by Gasteiger charge is -2.10. The summed E-state index contributed by atoms with van der Waals surface area (Å²) in [4.78, 5) is 20.1. The smallest absolute Gasteiger partial charge is 0.243 e. The summed E-state index contributed by atoms with van der Waals surface area (Å²) in [6, 6.07) is 10.7. The molecule has 0 radical (unpaired) electrons. The van der Waals surface area contributed by atoms with E-state index in [1.165, 1.54) is 6.07 Å². The third-order valence-electron chi connectivity index (χ3n) is 4.53. The number of nitrogens with one attached hydrogen (secondary N) is 1. The molecule has 0 saturated carbocycles. The minimum atomic E-state index is -0.455.